The van der Waals surface area contributed by atoms with Crippen molar-refractivity contribution in [3.8, 4) is 5.75 Å². The number of carbonyl (C=O) groups excluding carboxylic acids is 2. The van der Waals surface area contributed by atoms with E-state index in [1.54, 1.807) is 26.2 Å². The van der Waals surface area contributed by atoms with Gasteiger partial charge >= 0.3 is 5.97 Å². The topological polar surface area (TPSA) is 64.6 Å². The molecule has 0 saturated heterocycles. The molecule has 5 nitrogen and oxygen atoms in total. The first-order chi connectivity index (χ1) is 10.7. The number of esters is 1. The second kappa shape index (κ2) is 9.82. The van der Waals surface area contributed by atoms with Crippen LogP contribution in [0.4, 0.5) is 5.69 Å². The van der Waals surface area contributed by atoms with Gasteiger partial charge in [-0.2, -0.15) is 0 Å². The van der Waals surface area contributed by atoms with Gasteiger partial charge in [-0.3, -0.25) is 0 Å². The van der Waals surface area contributed by atoms with Gasteiger partial charge < -0.3 is 19.6 Å². The Morgan fingerprint density at radius 2 is 1.95 bits per heavy atom. The number of benzene rings is 1. The number of rotatable bonds is 10. The summed E-state index contributed by atoms with van der Waals surface area (Å²) in [6.07, 6.45) is 3.37. The molecule has 22 heavy (non-hydrogen) atoms. The van der Waals surface area contributed by atoms with Gasteiger partial charge in [-0.1, -0.05) is 19.8 Å². The fourth-order valence-electron chi connectivity index (χ4n) is 2.19. The number of unbranched alkanes of at least 4 members (excludes halogenated alkanes) is 1. The third-order valence-corrected chi connectivity index (χ3v) is 3.45. The molecule has 1 N–H and O–H groups in total. The summed E-state index contributed by atoms with van der Waals surface area (Å²) in [4.78, 5) is 23.5. The van der Waals surface area contributed by atoms with Crippen LogP contribution in [0.5, 0.6) is 5.75 Å². The van der Waals surface area contributed by atoms with Crippen molar-refractivity contribution >= 4 is 17.9 Å². The van der Waals surface area contributed by atoms with E-state index in [2.05, 4.69) is 12.2 Å². The SMILES string of the molecule is CCCC[C@@H](C=O)[C@@H](Nc1ccc(OC)cc1)C(=O)OCC. The number of aldehydes is 1. The fourth-order valence-corrected chi connectivity index (χ4v) is 2.19. The van der Waals surface area contributed by atoms with E-state index in [1.165, 1.54) is 0 Å². The largest absolute Gasteiger partial charge is 0.497 e. The summed E-state index contributed by atoms with van der Waals surface area (Å²) < 4.78 is 10.2. The molecule has 0 aliphatic carbocycles. The van der Waals surface area contributed by atoms with Crippen LogP contribution >= 0.6 is 0 Å². The van der Waals surface area contributed by atoms with Crippen molar-refractivity contribution < 1.29 is 19.1 Å². The maximum atomic E-state index is 12.2. The van der Waals surface area contributed by atoms with Crippen LogP contribution in [-0.2, 0) is 14.3 Å². The number of methoxy groups -OCH3 is 1. The number of nitrogens with one attached hydrogen (secondary N) is 1. The third kappa shape index (κ3) is 5.39. The van der Waals surface area contributed by atoms with Crippen molar-refractivity contribution in [1.82, 2.24) is 0 Å². The molecule has 0 saturated carbocycles. The zero-order valence-electron chi connectivity index (χ0n) is 13.5. The lowest BCUT2D eigenvalue weighted by Crippen LogP contribution is -2.39. The molecule has 122 valence electrons. The molecule has 0 unspecified atom stereocenters. The zero-order valence-corrected chi connectivity index (χ0v) is 13.5. The number of ether oxygens (including phenoxy) is 2. The lowest BCUT2D eigenvalue weighted by Gasteiger charge is -2.23. The molecule has 0 fully saturated rings. The second-order valence-electron chi connectivity index (χ2n) is 5.04. The first-order valence-electron chi connectivity index (χ1n) is 7.68. The maximum absolute atomic E-state index is 12.2. The predicted molar refractivity (Wildman–Crippen MR) is 86.1 cm³/mol. The standard InChI is InChI=1S/C17H25NO4/c1-4-6-7-13(12-19)16(17(20)22-5-2)18-14-8-10-15(21-3)11-9-14/h8-13,16,18H,4-7H2,1-3H3/t13-,16+/m0/s1. The number of hydrogen-bond acceptors (Lipinski definition) is 5. The molecule has 1 rings (SSSR count). The summed E-state index contributed by atoms with van der Waals surface area (Å²) in [5, 5.41) is 3.11. The highest BCUT2D eigenvalue weighted by Crippen LogP contribution is 2.20. The molecule has 0 bridgehead atoms. The summed E-state index contributed by atoms with van der Waals surface area (Å²) in [6, 6.07) is 6.55. The van der Waals surface area contributed by atoms with Crippen LogP contribution in [0.15, 0.2) is 24.3 Å². The lowest BCUT2D eigenvalue weighted by molar-refractivity contribution is -0.146. The smallest absolute Gasteiger partial charge is 0.329 e. The second-order valence-corrected chi connectivity index (χ2v) is 5.04. The molecule has 2 atom stereocenters. The average Bonchev–Trinajstić information content (AvgIpc) is 2.55. The molecule has 0 amide bonds. The summed E-state index contributed by atoms with van der Waals surface area (Å²) in [6.45, 7) is 4.10. The Bertz CT molecular complexity index is 458. The van der Waals surface area contributed by atoms with Crippen LogP contribution in [0, 0.1) is 5.92 Å². The highest BCUT2D eigenvalue weighted by Gasteiger charge is 2.29. The van der Waals surface area contributed by atoms with Crippen LogP contribution in [0.1, 0.15) is 33.1 Å². The first kappa shape index (κ1) is 18.0. The normalized spacial score (nSPS) is 13.0. The van der Waals surface area contributed by atoms with Gasteiger partial charge in [0.1, 0.15) is 18.1 Å². The monoisotopic (exact) mass is 307 g/mol. The van der Waals surface area contributed by atoms with E-state index >= 15 is 0 Å². The van der Waals surface area contributed by atoms with Gasteiger partial charge in [0, 0.05) is 11.6 Å². The Hall–Kier alpha value is -2.04. The lowest BCUT2D eigenvalue weighted by atomic mass is 9.95. The Morgan fingerprint density at radius 1 is 1.27 bits per heavy atom. The Labute approximate surface area is 132 Å². The molecule has 1 aromatic carbocycles. The summed E-state index contributed by atoms with van der Waals surface area (Å²) in [5.41, 5.74) is 0.752. The molecule has 5 heteroatoms. The number of hydrogen-bond donors (Lipinski definition) is 1. The Kier molecular flexibility index (Phi) is 8.04. The average molecular weight is 307 g/mol. The van der Waals surface area contributed by atoms with Crippen LogP contribution in [0.2, 0.25) is 0 Å². The summed E-state index contributed by atoms with van der Waals surface area (Å²) >= 11 is 0. The van der Waals surface area contributed by atoms with E-state index in [0.717, 1.165) is 30.6 Å². The quantitative estimate of drug-likeness (QED) is 0.531. The minimum Gasteiger partial charge on any atom is -0.497 e. The molecule has 0 aliphatic heterocycles. The van der Waals surface area contributed by atoms with Crippen LogP contribution in [0.25, 0.3) is 0 Å². The third-order valence-electron chi connectivity index (χ3n) is 3.45. The Balaban J connectivity index is 2.87. The van der Waals surface area contributed by atoms with Crippen LogP contribution in [0.3, 0.4) is 0 Å². The van der Waals surface area contributed by atoms with E-state index < -0.39 is 17.9 Å². The highest BCUT2D eigenvalue weighted by molar-refractivity contribution is 5.83. The van der Waals surface area contributed by atoms with Gasteiger partial charge in [-0.15, -0.1) is 0 Å². The minimum absolute atomic E-state index is 0.291. The number of anilines is 1. The zero-order chi connectivity index (χ0) is 16.4. The van der Waals surface area contributed by atoms with E-state index in [9.17, 15) is 9.59 Å². The van der Waals surface area contributed by atoms with Gasteiger partial charge in [-0.25, -0.2) is 4.79 Å². The van der Waals surface area contributed by atoms with Gasteiger partial charge in [-0.05, 0) is 37.6 Å². The summed E-state index contributed by atoms with van der Waals surface area (Å²) in [7, 11) is 1.59. The van der Waals surface area contributed by atoms with E-state index in [1.807, 2.05) is 12.1 Å². The molecule has 0 aliphatic rings. The minimum atomic E-state index is -0.669. The van der Waals surface area contributed by atoms with E-state index in [4.69, 9.17) is 9.47 Å². The molecular formula is C17H25NO4. The summed E-state index contributed by atoms with van der Waals surface area (Å²) in [5.74, 6) is -0.0659. The Morgan fingerprint density at radius 3 is 2.45 bits per heavy atom. The van der Waals surface area contributed by atoms with Gasteiger partial charge in [0.2, 0.25) is 0 Å². The van der Waals surface area contributed by atoms with Crippen molar-refractivity contribution in [3.63, 3.8) is 0 Å². The van der Waals surface area contributed by atoms with Crippen molar-refractivity contribution in [1.29, 1.82) is 0 Å². The fraction of sp³-hybridized carbons (Fsp3) is 0.529. The van der Waals surface area contributed by atoms with Crippen molar-refractivity contribution in [2.24, 2.45) is 5.92 Å². The maximum Gasteiger partial charge on any atom is 0.329 e. The molecule has 1 aromatic rings. The predicted octanol–water partition coefficient (Wildman–Crippen LogP) is 3.04. The number of carbonyl (C=O) groups is 2. The molecule has 0 spiro atoms. The van der Waals surface area contributed by atoms with Gasteiger partial charge in [0.25, 0.3) is 0 Å². The molecule has 0 aromatic heterocycles. The molecule has 0 heterocycles. The van der Waals surface area contributed by atoms with Crippen molar-refractivity contribution in [2.75, 3.05) is 19.0 Å². The molecule has 0 radical (unpaired) electrons. The van der Waals surface area contributed by atoms with E-state index in [-0.39, 0.29) is 0 Å². The van der Waals surface area contributed by atoms with Gasteiger partial charge in [0.05, 0.1) is 13.7 Å². The van der Waals surface area contributed by atoms with Gasteiger partial charge in [0.15, 0.2) is 0 Å². The van der Waals surface area contributed by atoms with Crippen molar-refractivity contribution in [2.45, 2.75) is 39.2 Å². The van der Waals surface area contributed by atoms with Crippen LogP contribution < -0.4 is 10.1 Å². The van der Waals surface area contributed by atoms with Crippen molar-refractivity contribution in [3.05, 3.63) is 24.3 Å². The highest BCUT2D eigenvalue weighted by atomic mass is 16.5. The first-order valence-corrected chi connectivity index (χ1v) is 7.68. The van der Waals surface area contributed by atoms with Crippen LogP contribution in [-0.4, -0.2) is 32.0 Å². The molecular weight excluding hydrogens is 282 g/mol. The van der Waals surface area contributed by atoms with E-state index in [0.29, 0.717) is 13.0 Å².